The first-order valence-electron chi connectivity index (χ1n) is 7.30. The normalized spacial score (nSPS) is 11.6. The lowest BCUT2D eigenvalue weighted by molar-refractivity contribution is 0.341. The molecule has 0 aliphatic rings. The number of hydrogen-bond acceptors (Lipinski definition) is 6. The molecule has 126 valence electrons. The van der Waals surface area contributed by atoms with Gasteiger partial charge in [0.2, 0.25) is 10.0 Å². The van der Waals surface area contributed by atoms with E-state index in [9.17, 15) is 8.42 Å². The number of sulfonamides is 1. The molecule has 0 aliphatic carbocycles. The second-order valence-electron chi connectivity index (χ2n) is 4.89. The number of nitrogens with one attached hydrogen (secondary N) is 3. The van der Waals surface area contributed by atoms with Crippen LogP contribution < -0.4 is 14.8 Å². The van der Waals surface area contributed by atoms with Crippen molar-refractivity contribution in [1.29, 1.82) is 0 Å². The molecule has 24 heavy (non-hydrogen) atoms. The Bertz CT molecular complexity index is 968. The molecule has 3 N–H and O–H groups in total. The van der Waals surface area contributed by atoms with Crippen LogP contribution in [0.3, 0.4) is 0 Å². The van der Waals surface area contributed by atoms with E-state index in [0.29, 0.717) is 29.5 Å². The summed E-state index contributed by atoms with van der Waals surface area (Å²) in [6.45, 7) is 2.31. The van der Waals surface area contributed by atoms with Gasteiger partial charge >= 0.3 is 0 Å². The largest absolute Gasteiger partial charge is 0.492 e. The van der Waals surface area contributed by atoms with Gasteiger partial charge in [-0.25, -0.2) is 23.1 Å². The Kier molecular flexibility index (Phi) is 4.36. The van der Waals surface area contributed by atoms with Gasteiger partial charge in [-0.15, -0.1) is 0 Å². The first kappa shape index (κ1) is 16.2. The van der Waals surface area contributed by atoms with Gasteiger partial charge in [0.1, 0.15) is 23.5 Å². The quantitative estimate of drug-likeness (QED) is 0.629. The van der Waals surface area contributed by atoms with Gasteiger partial charge in [0, 0.05) is 6.20 Å². The fourth-order valence-electron chi connectivity index (χ4n) is 2.27. The molecule has 3 rings (SSSR count). The van der Waals surface area contributed by atoms with Crippen molar-refractivity contribution in [3.63, 3.8) is 0 Å². The second kappa shape index (κ2) is 6.46. The fraction of sp³-hybridized carbons (Fsp3) is 0.200. The molecule has 3 aromatic rings. The Morgan fingerprint density at radius 3 is 2.83 bits per heavy atom. The minimum Gasteiger partial charge on any atom is -0.492 e. The average Bonchev–Trinajstić information content (AvgIpc) is 3.06. The van der Waals surface area contributed by atoms with Gasteiger partial charge in [-0.2, -0.15) is 0 Å². The van der Waals surface area contributed by atoms with Crippen molar-refractivity contribution < 1.29 is 13.2 Å². The summed E-state index contributed by atoms with van der Waals surface area (Å²) in [7, 11) is -2.19. The van der Waals surface area contributed by atoms with Crippen LogP contribution in [0.4, 0.5) is 11.5 Å². The van der Waals surface area contributed by atoms with Crippen LogP contribution >= 0.6 is 0 Å². The smallest absolute Gasteiger partial charge is 0.240 e. The lowest BCUT2D eigenvalue weighted by atomic mass is 10.2. The highest BCUT2D eigenvalue weighted by atomic mass is 32.2. The van der Waals surface area contributed by atoms with Gasteiger partial charge in [-0.1, -0.05) is 0 Å². The molecule has 0 atom stereocenters. The SMILES string of the molecule is CCOc1ccc(S(=O)(=O)NC)cc1Nc1ncnc2[nH]ccc12. The molecule has 0 unspecified atom stereocenters. The Labute approximate surface area is 139 Å². The van der Waals surface area contributed by atoms with Crippen molar-refractivity contribution in [3.8, 4) is 5.75 Å². The average molecular weight is 347 g/mol. The van der Waals surface area contributed by atoms with Crippen LogP contribution in [-0.2, 0) is 10.0 Å². The number of rotatable bonds is 6. The monoisotopic (exact) mass is 347 g/mol. The summed E-state index contributed by atoms with van der Waals surface area (Å²) in [5.74, 6) is 1.09. The molecule has 1 aromatic carbocycles. The van der Waals surface area contributed by atoms with E-state index >= 15 is 0 Å². The summed E-state index contributed by atoms with van der Waals surface area (Å²) in [6.07, 6.45) is 3.19. The van der Waals surface area contributed by atoms with Crippen LogP contribution in [0.1, 0.15) is 6.92 Å². The van der Waals surface area contributed by atoms with Crippen molar-refractivity contribution in [1.82, 2.24) is 19.7 Å². The van der Waals surface area contributed by atoms with E-state index in [1.165, 1.54) is 25.5 Å². The first-order valence-corrected chi connectivity index (χ1v) is 8.79. The number of hydrogen-bond donors (Lipinski definition) is 3. The molecule has 0 saturated heterocycles. The fourth-order valence-corrected chi connectivity index (χ4v) is 3.03. The van der Waals surface area contributed by atoms with Crippen molar-refractivity contribution in [2.24, 2.45) is 0 Å². The number of fused-ring (bicyclic) bond motifs is 1. The topological polar surface area (TPSA) is 109 Å². The third-order valence-electron chi connectivity index (χ3n) is 3.44. The predicted molar refractivity (Wildman–Crippen MR) is 91.0 cm³/mol. The zero-order valence-electron chi connectivity index (χ0n) is 13.2. The number of ether oxygens (including phenoxy) is 1. The van der Waals surface area contributed by atoms with Gasteiger partial charge in [0.05, 0.1) is 22.6 Å². The van der Waals surface area contributed by atoms with E-state index in [4.69, 9.17) is 4.74 Å². The standard InChI is InChI=1S/C15H17N5O3S/c1-3-23-13-5-4-10(24(21,22)16-2)8-12(13)20-15-11-6-7-17-14(11)18-9-19-15/h4-9,16H,3H2,1-2H3,(H2,17,18,19,20). The molecule has 0 aliphatic heterocycles. The molecule has 2 heterocycles. The molecule has 0 radical (unpaired) electrons. The molecular formula is C15H17N5O3S. The number of aromatic nitrogens is 3. The van der Waals surface area contributed by atoms with Crippen molar-refractivity contribution in [2.75, 3.05) is 19.0 Å². The van der Waals surface area contributed by atoms with Crippen LogP contribution in [0.25, 0.3) is 11.0 Å². The summed E-state index contributed by atoms with van der Waals surface area (Å²) < 4.78 is 31.9. The molecule has 0 amide bonds. The first-order chi connectivity index (χ1) is 11.5. The van der Waals surface area contributed by atoms with E-state index in [2.05, 4.69) is 25.0 Å². The van der Waals surface area contributed by atoms with Gasteiger partial charge in [-0.3, -0.25) is 0 Å². The van der Waals surface area contributed by atoms with E-state index in [-0.39, 0.29) is 4.90 Å². The van der Waals surface area contributed by atoms with Gasteiger partial charge < -0.3 is 15.0 Å². The molecule has 2 aromatic heterocycles. The van der Waals surface area contributed by atoms with E-state index < -0.39 is 10.0 Å². The molecule has 0 spiro atoms. The molecule has 9 heteroatoms. The Balaban J connectivity index is 2.07. The summed E-state index contributed by atoms with van der Waals surface area (Å²) in [5, 5.41) is 3.93. The zero-order chi connectivity index (χ0) is 17.2. The highest BCUT2D eigenvalue weighted by molar-refractivity contribution is 7.89. The van der Waals surface area contributed by atoms with Gasteiger partial charge in [0.25, 0.3) is 0 Å². The van der Waals surface area contributed by atoms with Crippen molar-refractivity contribution in [3.05, 3.63) is 36.8 Å². The van der Waals surface area contributed by atoms with E-state index in [1.807, 2.05) is 13.0 Å². The molecule has 0 fully saturated rings. The third kappa shape index (κ3) is 3.03. The Morgan fingerprint density at radius 2 is 2.08 bits per heavy atom. The number of benzene rings is 1. The number of anilines is 2. The predicted octanol–water partition coefficient (Wildman–Crippen LogP) is 2.01. The number of nitrogens with zero attached hydrogens (tertiary/aromatic N) is 2. The van der Waals surface area contributed by atoms with Crippen LogP contribution in [0, 0.1) is 0 Å². The summed E-state index contributed by atoms with van der Waals surface area (Å²) in [6, 6.07) is 6.46. The number of H-pyrrole nitrogens is 1. The minimum absolute atomic E-state index is 0.135. The van der Waals surface area contributed by atoms with Crippen molar-refractivity contribution in [2.45, 2.75) is 11.8 Å². The van der Waals surface area contributed by atoms with Gasteiger partial charge in [-0.05, 0) is 38.2 Å². The van der Waals surface area contributed by atoms with Crippen LogP contribution in [-0.4, -0.2) is 37.0 Å². The maximum Gasteiger partial charge on any atom is 0.240 e. The lowest BCUT2D eigenvalue weighted by Gasteiger charge is -2.14. The van der Waals surface area contributed by atoms with Crippen LogP contribution in [0.2, 0.25) is 0 Å². The van der Waals surface area contributed by atoms with Gasteiger partial charge in [0.15, 0.2) is 0 Å². The van der Waals surface area contributed by atoms with Crippen LogP contribution in [0.15, 0.2) is 41.7 Å². The Morgan fingerprint density at radius 1 is 1.25 bits per heavy atom. The van der Waals surface area contributed by atoms with Crippen LogP contribution in [0.5, 0.6) is 5.75 Å². The van der Waals surface area contributed by atoms with Crippen molar-refractivity contribution >= 4 is 32.6 Å². The number of aromatic amines is 1. The maximum absolute atomic E-state index is 12.0. The zero-order valence-corrected chi connectivity index (χ0v) is 14.0. The maximum atomic E-state index is 12.0. The highest BCUT2D eigenvalue weighted by Gasteiger charge is 2.16. The Hall–Kier alpha value is -2.65. The molecular weight excluding hydrogens is 330 g/mol. The summed E-state index contributed by atoms with van der Waals surface area (Å²) >= 11 is 0. The highest BCUT2D eigenvalue weighted by Crippen LogP contribution is 2.31. The van der Waals surface area contributed by atoms with E-state index in [1.54, 1.807) is 12.3 Å². The summed E-state index contributed by atoms with van der Waals surface area (Å²) in [4.78, 5) is 11.5. The summed E-state index contributed by atoms with van der Waals surface area (Å²) in [5.41, 5.74) is 1.19. The molecule has 0 saturated carbocycles. The second-order valence-corrected chi connectivity index (χ2v) is 6.77. The minimum atomic E-state index is -3.56. The third-order valence-corrected chi connectivity index (χ3v) is 4.85. The van der Waals surface area contributed by atoms with E-state index in [0.717, 1.165) is 5.39 Å². The lowest BCUT2D eigenvalue weighted by Crippen LogP contribution is -2.18. The molecule has 8 nitrogen and oxygen atoms in total. The molecule has 0 bridgehead atoms.